The highest BCUT2D eigenvalue weighted by Crippen LogP contribution is 2.23. The zero-order valence-corrected chi connectivity index (χ0v) is 10.8. The predicted molar refractivity (Wildman–Crippen MR) is 65.2 cm³/mol. The third-order valence-electron chi connectivity index (χ3n) is 2.96. The first-order valence-electron chi connectivity index (χ1n) is 5.60. The van der Waals surface area contributed by atoms with Crippen molar-refractivity contribution in [3.63, 3.8) is 0 Å². The number of aromatic nitrogens is 2. The van der Waals surface area contributed by atoms with Crippen molar-refractivity contribution in [1.29, 1.82) is 0 Å². The Morgan fingerprint density at radius 3 is 2.71 bits per heavy atom. The maximum Gasteiger partial charge on any atom is 0.282 e. The molecule has 1 amide bonds. The molecule has 1 aliphatic rings. The van der Waals surface area contributed by atoms with Gasteiger partial charge in [-0.1, -0.05) is 11.3 Å². The van der Waals surface area contributed by atoms with Crippen molar-refractivity contribution in [2.45, 2.75) is 31.8 Å². The van der Waals surface area contributed by atoms with Crippen LogP contribution in [0.1, 0.15) is 35.5 Å². The van der Waals surface area contributed by atoms with Crippen LogP contribution in [0.2, 0.25) is 4.47 Å². The summed E-state index contributed by atoms with van der Waals surface area (Å²) in [5, 5.41) is 19.7. The molecule has 5 nitrogen and oxygen atoms in total. The van der Waals surface area contributed by atoms with E-state index < -0.39 is 0 Å². The lowest BCUT2D eigenvalue weighted by atomic mass is 9.87. The van der Waals surface area contributed by atoms with E-state index in [1.165, 1.54) is 0 Å². The Morgan fingerprint density at radius 2 is 2.12 bits per heavy atom. The Kier molecular flexibility index (Phi) is 4.31. The highest BCUT2D eigenvalue weighted by Gasteiger charge is 2.20. The smallest absolute Gasteiger partial charge is 0.282 e. The number of hydrogen-bond donors (Lipinski definition) is 2. The summed E-state index contributed by atoms with van der Waals surface area (Å²) in [5.41, 5.74) is 0. The maximum atomic E-state index is 11.7. The molecule has 1 aromatic heterocycles. The number of aliphatic hydroxyl groups is 1. The molecule has 1 heterocycles. The number of nitrogens with one attached hydrogen (secondary N) is 1. The lowest BCUT2D eigenvalue weighted by Gasteiger charge is -2.25. The molecule has 1 aliphatic carbocycles. The van der Waals surface area contributed by atoms with Crippen LogP contribution in [-0.4, -0.2) is 33.9 Å². The van der Waals surface area contributed by atoms with Crippen LogP contribution >= 0.6 is 22.9 Å². The summed E-state index contributed by atoms with van der Waals surface area (Å²) in [4.78, 5) is 11.7. The molecule has 0 bridgehead atoms. The van der Waals surface area contributed by atoms with Crippen molar-refractivity contribution in [2.24, 2.45) is 5.92 Å². The number of hydrogen-bond acceptors (Lipinski definition) is 5. The number of aliphatic hydroxyl groups excluding tert-OH is 1. The maximum absolute atomic E-state index is 11.7. The SMILES string of the molecule is O=C(NCC1CCC(O)CC1)c1nnc(Cl)s1. The van der Waals surface area contributed by atoms with Gasteiger partial charge in [-0.2, -0.15) is 0 Å². The highest BCUT2D eigenvalue weighted by molar-refractivity contribution is 7.17. The van der Waals surface area contributed by atoms with Gasteiger partial charge in [0.2, 0.25) is 9.47 Å². The van der Waals surface area contributed by atoms with E-state index >= 15 is 0 Å². The Morgan fingerprint density at radius 1 is 1.41 bits per heavy atom. The van der Waals surface area contributed by atoms with Gasteiger partial charge in [0.15, 0.2) is 0 Å². The Hall–Kier alpha value is -0.720. The van der Waals surface area contributed by atoms with Crippen molar-refractivity contribution < 1.29 is 9.90 Å². The van der Waals surface area contributed by atoms with Gasteiger partial charge in [-0.3, -0.25) is 4.79 Å². The molecule has 7 heteroatoms. The van der Waals surface area contributed by atoms with E-state index in [0.29, 0.717) is 17.5 Å². The minimum absolute atomic E-state index is 0.163. The second-order valence-electron chi connectivity index (χ2n) is 4.24. The van der Waals surface area contributed by atoms with Crippen molar-refractivity contribution >= 4 is 28.8 Å². The minimum Gasteiger partial charge on any atom is -0.393 e. The van der Waals surface area contributed by atoms with E-state index in [0.717, 1.165) is 37.0 Å². The fourth-order valence-electron chi connectivity index (χ4n) is 1.96. The van der Waals surface area contributed by atoms with Gasteiger partial charge in [-0.25, -0.2) is 0 Å². The molecule has 0 radical (unpaired) electrons. The fourth-order valence-corrected chi connectivity index (χ4v) is 2.70. The number of rotatable bonds is 3. The largest absolute Gasteiger partial charge is 0.393 e. The Labute approximate surface area is 108 Å². The van der Waals surface area contributed by atoms with Crippen molar-refractivity contribution in [1.82, 2.24) is 15.5 Å². The van der Waals surface area contributed by atoms with E-state index in [1.54, 1.807) is 0 Å². The van der Waals surface area contributed by atoms with Crippen molar-refractivity contribution in [3.05, 3.63) is 9.47 Å². The highest BCUT2D eigenvalue weighted by atomic mass is 35.5. The number of carbonyl (C=O) groups excluding carboxylic acids is 1. The Bertz CT molecular complexity index is 391. The van der Waals surface area contributed by atoms with Gasteiger partial charge in [0.1, 0.15) is 0 Å². The van der Waals surface area contributed by atoms with Gasteiger partial charge in [0.25, 0.3) is 5.91 Å². The molecule has 1 aromatic rings. The van der Waals surface area contributed by atoms with Crippen LogP contribution in [0, 0.1) is 5.92 Å². The van der Waals surface area contributed by atoms with E-state index in [2.05, 4.69) is 15.5 Å². The third-order valence-corrected chi connectivity index (χ3v) is 3.98. The molecule has 2 rings (SSSR count). The van der Waals surface area contributed by atoms with Gasteiger partial charge < -0.3 is 10.4 Å². The average molecular weight is 276 g/mol. The molecule has 17 heavy (non-hydrogen) atoms. The predicted octanol–water partition coefficient (Wildman–Crippen LogP) is 1.47. The van der Waals surface area contributed by atoms with Gasteiger partial charge in [-0.05, 0) is 43.2 Å². The number of nitrogens with zero attached hydrogens (tertiary/aromatic N) is 2. The molecule has 1 saturated carbocycles. The Balaban J connectivity index is 1.76. The lowest BCUT2D eigenvalue weighted by molar-refractivity contribution is 0.0909. The molecule has 0 saturated heterocycles. The molecule has 0 aromatic carbocycles. The zero-order chi connectivity index (χ0) is 12.3. The number of halogens is 1. The van der Waals surface area contributed by atoms with Gasteiger partial charge in [-0.15, -0.1) is 10.2 Å². The number of carbonyl (C=O) groups is 1. The summed E-state index contributed by atoms with van der Waals surface area (Å²) in [6.45, 7) is 0.628. The molecule has 0 atom stereocenters. The molecule has 1 fully saturated rings. The molecular formula is C10H14ClN3O2S. The number of amides is 1. The van der Waals surface area contributed by atoms with Crippen LogP contribution in [-0.2, 0) is 0 Å². The fraction of sp³-hybridized carbons (Fsp3) is 0.700. The molecule has 2 N–H and O–H groups in total. The first-order chi connectivity index (χ1) is 8.15. The van der Waals surface area contributed by atoms with Gasteiger partial charge >= 0.3 is 0 Å². The first kappa shape index (κ1) is 12.7. The molecule has 0 unspecified atom stereocenters. The zero-order valence-electron chi connectivity index (χ0n) is 9.23. The average Bonchev–Trinajstić information content (AvgIpc) is 2.75. The molecule has 0 aliphatic heterocycles. The van der Waals surface area contributed by atoms with E-state index in [-0.39, 0.29) is 16.5 Å². The summed E-state index contributed by atoms with van der Waals surface area (Å²) in [6.07, 6.45) is 3.40. The summed E-state index contributed by atoms with van der Waals surface area (Å²) in [7, 11) is 0. The summed E-state index contributed by atoms with van der Waals surface area (Å²) in [5.74, 6) is 0.228. The second-order valence-corrected chi connectivity index (χ2v) is 5.80. The second kappa shape index (κ2) is 5.75. The molecular weight excluding hydrogens is 262 g/mol. The van der Waals surface area contributed by atoms with E-state index in [1.807, 2.05) is 0 Å². The summed E-state index contributed by atoms with van der Waals surface area (Å²) < 4.78 is 0.274. The topological polar surface area (TPSA) is 75.1 Å². The first-order valence-corrected chi connectivity index (χ1v) is 6.80. The van der Waals surface area contributed by atoms with Crippen LogP contribution in [0.5, 0.6) is 0 Å². The molecule has 0 spiro atoms. The van der Waals surface area contributed by atoms with Crippen LogP contribution in [0.4, 0.5) is 0 Å². The minimum atomic E-state index is -0.222. The van der Waals surface area contributed by atoms with Crippen LogP contribution in [0.25, 0.3) is 0 Å². The van der Waals surface area contributed by atoms with Gasteiger partial charge in [0, 0.05) is 6.54 Å². The summed E-state index contributed by atoms with van der Waals surface area (Å²) >= 11 is 6.68. The molecule has 94 valence electrons. The summed E-state index contributed by atoms with van der Waals surface area (Å²) in [6, 6.07) is 0. The van der Waals surface area contributed by atoms with Crippen LogP contribution in [0.3, 0.4) is 0 Å². The van der Waals surface area contributed by atoms with Crippen LogP contribution < -0.4 is 5.32 Å². The van der Waals surface area contributed by atoms with Crippen LogP contribution in [0.15, 0.2) is 0 Å². The monoisotopic (exact) mass is 275 g/mol. The standard InChI is InChI=1S/C10H14ClN3O2S/c11-10-14-13-9(17-10)8(16)12-5-6-1-3-7(15)4-2-6/h6-7,15H,1-5H2,(H,12,16). The van der Waals surface area contributed by atoms with Crippen molar-refractivity contribution in [3.8, 4) is 0 Å². The quantitative estimate of drug-likeness (QED) is 0.876. The lowest BCUT2D eigenvalue weighted by Crippen LogP contribution is -2.32. The normalized spacial score (nSPS) is 24.6. The van der Waals surface area contributed by atoms with E-state index in [9.17, 15) is 9.90 Å². The van der Waals surface area contributed by atoms with Gasteiger partial charge in [0.05, 0.1) is 6.10 Å². The van der Waals surface area contributed by atoms with Crippen molar-refractivity contribution in [2.75, 3.05) is 6.54 Å². The van der Waals surface area contributed by atoms with E-state index in [4.69, 9.17) is 11.6 Å². The third kappa shape index (κ3) is 3.62.